The molecule has 0 bridgehead atoms. The zero-order chi connectivity index (χ0) is 9.10. The monoisotopic (exact) mass is 176 g/mol. The van der Waals surface area contributed by atoms with E-state index in [1.807, 2.05) is 0 Å². The highest BCUT2D eigenvalue weighted by atomic mass is 16.3. The van der Waals surface area contributed by atoms with E-state index in [0.717, 1.165) is 19.5 Å². The van der Waals surface area contributed by atoms with E-state index in [0.29, 0.717) is 0 Å². The maximum absolute atomic E-state index is 8.80. The Balaban J connectivity index is 2.28. The molecular formula is C11H14NO+. The van der Waals surface area contributed by atoms with Crippen LogP contribution >= 0.6 is 0 Å². The third-order valence-corrected chi connectivity index (χ3v) is 2.43. The summed E-state index contributed by atoms with van der Waals surface area (Å²) >= 11 is 0. The number of benzene rings is 1. The Bertz CT molecular complexity index is 331. The molecule has 0 aliphatic carbocycles. The highest BCUT2D eigenvalue weighted by molar-refractivity contribution is 5.78. The van der Waals surface area contributed by atoms with Crippen molar-refractivity contribution in [1.82, 2.24) is 0 Å². The Morgan fingerprint density at radius 3 is 3.00 bits per heavy atom. The van der Waals surface area contributed by atoms with Crippen LogP contribution in [-0.4, -0.2) is 35.6 Å². The van der Waals surface area contributed by atoms with Crippen LogP contribution in [0.5, 0.6) is 0 Å². The van der Waals surface area contributed by atoms with Crippen LogP contribution in [0.15, 0.2) is 24.3 Å². The largest absolute Gasteiger partial charge is 0.390 e. The van der Waals surface area contributed by atoms with Crippen LogP contribution in [0.4, 0.5) is 0 Å². The van der Waals surface area contributed by atoms with E-state index in [1.165, 1.54) is 11.1 Å². The molecule has 0 unspecified atom stereocenters. The molecule has 0 atom stereocenters. The fourth-order valence-electron chi connectivity index (χ4n) is 1.72. The summed E-state index contributed by atoms with van der Waals surface area (Å²) in [5, 5.41) is 8.80. The second-order valence-corrected chi connectivity index (χ2v) is 3.34. The van der Waals surface area contributed by atoms with Crippen LogP contribution in [0.25, 0.3) is 0 Å². The molecule has 0 aromatic heterocycles. The van der Waals surface area contributed by atoms with Gasteiger partial charge >= 0.3 is 0 Å². The molecule has 1 aromatic rings. The summed E-state index contributed by atoms with van der Waals surface area (Å²) in [7, 11) is 0. The number of fused-ring (bicyclic) bond motifs is 1. The molecule has 0 saturated heterocycles. The lowest BCUT2D eigenvalue weighted by Gasteiger charge is -2.10. The van der Waals surface area contributed by atoms with Crippen molar-refractivity contribution in [3.63, 3.8) is 0 Å². The Hall–Kier alpha value is -1.15. The van der Waals surface area contributed by atoms with Gasteiger partial charge in [-0.05, 0) is 11.6 Å². The van der Waals surface area contributed by atoms with E-state index in [1.54, 1.807) is 0 Å². The molecule has 0 fully saturated rings. The predicted molar refractivity (Wildman–Crippen MR) is 52.4 cm³/mol. The predicted octanol–water partition coefficient (Wildman–Crippen LogP) is 0.666. The maximum Gasteiger partial charge on any atom is 0.171 e. The van der Waals surface area contributed by atoms with E-state index in [2.05, 4.69) is 35.1 Å². The standard InChI is InChI=1S/C11H14NO/c13-8-7-12-6-5-10-3-1-2-4-11(10)9-12/h1-4,9,13H,5-8H2/q+1. The first-order valence-corrected chi connectivity index (χ1v) is 4.68. The van der Waals surface area contributed by atoms with Gasteiger partial charge in [0.15, 0.2) is 12.8 Å². The number of aliphatic hydroxyl groups excluding tert-OH is 1. The van der Waals surface area contributed by atoms with Gasteiger partial charge in [-0.15, -0.1) is 0 Å². The smallest absolute Gasteiger partial charge is 0.171 e. The fraction of sp³-hybridized carbons (Fsp3) is 0.364. The summed E-state index contributed by atoms with van der Waals surface area (Å²) in [6.45, 7) is 2.00. The average molecular weight is 176 g/mol. The molecule has 0 spiro atoms. The van der Waals surface area contributed by atoms with Crippen molar-refractivity contribution in [1.29, 1.82) is 0 Å². The molecule has 2 heteroatoms. The molecule has 1 aliphatic heterocycles. The number of hydrogen-bond acceptors (Lipinski definition) is 1. The van der Waals surface area contributed by atoms with Crippen molar-refractivity contribution >= 4 is 6.21 Å². The molecule has 1 N–H and O–H groups in total. The van der Waals surface area contributed by atoms with Crippen LogP contribution < -0.4 is 0 Å². The molecule has 2 rings (SSSR count). The van der Waals surface area contributed by atoms with Gasteiger partial charge in [-0.1, -0.05) is 18.2 Å². The minimum Gasteiger partial charge on any atom is -0.390 e. The van der Waals surface area contributed by atoms with Crippen molar-refractivity contribution in [3.05, 3.63) is 35.4 Å². The SMILES string of the molecule is OCC[N+]1=Cc2ccccc2CC1. The zero-order valence-electron chi connectivity index (χ0n) is 7.61. The Morgan fingerprint density at radius 2 is 2.15 bits per heavy atom. The van der Waals surface area contributed by atoms with Gasteiger partial charge in [0.25, 0.3) is 0 Å². The van der Waals surface area contributed by atoms with Crippen molar-refractivity contribution in [2.24, 2.45) is 0 Å². The first-order chi connectivity index (χ1) is 6.40. The van der Waals surface area contributed by atoms with E-state index >= 15 is 0 Å². The van der Waals surface area contributed by atoms with Gasteiger partial charge in [0.05, 0.1) is 0 Å². The molecule has 1 aromatic carbocycles. The zero-order valence-corrected chi connectivity index (χ0v) is 7.61. The number of nitrogens with zero attached hydrogens (tertiary/aromatic N) is 1. The van der Waals surface area contributed by atoms with Crippen molar-refractivity contribution < 1.29 is 9.68 Å². The minimum atomic E-state index is 0.235. The van der Waals surface area contributed by atoms with Gasteiger partial charge in [0, 0.05) is 12.0 Å². The average Bonchev–Trinajstić information content (AvgIpc) is 2.18. The van der Waals surface area contributed by atoms with Crippen LogP contribution in [-0.2, 0) is 6.42 Å². The molecule has 1 heterocycles. The quantitative estimate of drug-likeness (QED) is 0.658. The highest BCUT2D eigenvalue weighted by Crippen LogP contribution is 2.10. The number of aliphatic hydroxyl groups is 1. The molecule has 68 valence electrons. The van der Waals surface area contributed by atoms with Gasteiger partial charge in [0.2, 0.25) is 0 Å². The third kappa shape index (κ3) is 1.78. The third-order valence-electron chi connectivity index (χ3n) is 2.43. The number of β-amino-alcohol motifs (C(OH)–C–C–N with tert-alkyl or cyclic N) is 1. The topological polar surface area (TPSA) is 23.2 Å². The molecule has 0 radical (unpaired) electrons. The molecule has 2 nitrogen and oxygen atoms in total. The first-order valence-electron chi connectivity index (χ1n) is 4.68. The molecule has 0 saturated carbocycles. The van der Waals surface area contributed by atoms with Crippen LogP contribution in [0, 0.1) is 0 Å². The summed E-state index contributed by atoms with van der Waals surface area (Å²) in [6, 6.07) is 8.42. The fourth-order valence-corrected chi connectivity index (χ4v) is 1.72. The maximum atomic E-state index is 8.80. The molecule has 0 amide bonds. The molecular weight excluding hydrogens is 162 g/mol. The highest BCUT2D eigenvalue weighted by Gasteiger charge is 2.13. The van der Waals surface area contributed by atoms with Crippen molar-refractivity contribution in [3.8, 4) is 0 Å². The van der Waals surface area contributed by atoms with E-state index < -0.39 is 0 Å². The second-order valence-electron chi connectivity index (χ2n) is 3.34. The van der Waals surface area contributed by atoms with Crippen molar-refractivity contribution in [2.45, 2.75) is 6.42 Å². The minimum absolute atomic E-state index is 0.235. The summed E-state index contributed by atoms with van der Waals surface area (Å²) in [5.74, 6) is 0. The lowest BCUT2D eigenvalue weighted by atomic mass is 10.0. The normalized spacial score (nSPS) is 15.0. The van der Waals surface area contributed by atoms with Crippen LogP contribution in [0.1, 0.15) is 11.1 Å². The van der Waals surface area contributed by atoms with Crippen LogP contribution in [0.3, 0.4) is 0 Å². The summed E-state index contributed by atoms with van der Waals surface area (Å²) < 4.78 is 2.17. The number of rotatable bonds is 2. The Labute approximate surface area is 78.1 Å². The van der Waals surface area contributed by atoms with E-state index in [4.69, 9.17) is 5.11 Å². The summed E-state index contributed by atoms with van der Waals surface area (Å²) in [5.41, 5.74) is 2.71. The van der Waals surface area contributed by atoms with Crippen molar-refractivity contribution in [2.75, 3.05) is 19.7 Å². The van der Waals surface area contributed by atoms with E-state index in [-0.39, 0.29) is 6.61 Å². The Kier molecular flexibility index (Phi) is 2.41. The second kappa shape index (κ2) is 3.71. The molecule has 13 heavy (non-hydrogen) atoms. The van der Waals surface area contributed by atoms with Gasteiger partial charge in [0.1, 0.15) is 13.2 Å². The van der Waals surface area contributed by atoms with E-state index in [9.17, 15) is 0 Å². The first kappa shape index (κ1) is 8.45. The van der Waals surface area contributed by atoms with Crippen LogP contribution in [0.2, 0.25) is 0 Å². The summed E-state index contributed by atoms with van der Waals surface area (Å²) in [6.07, 6.45) is 3.22. The van der Waals surface area contributed by atoms with Gasteiger partial charge < -0.3 is 5.11 Å². The Morgan fingerprint density at radius 1 is 1.31 bits per heavy atom. The van der Waals surface area contributed by atoms with Gasteiger partial charge in [-0.2, -0.15) is 0 Å². The van der Waals surface area contributed by atoms with Gasteiger partial charge in [-0.3, -0.25) is 0 Å². The lowest BCUT2D eigenvalue weighted by Crippen LogP contribution is -2.25. The molecule has 1 aliphatic rings. The lowest BCUT2D eigenvalue weighted by molar-refractivity contribution is -0.526. The number of hydrogen-bond donors (Lipinski definition) is 1. The van der Waals surface area contributed by atoms with Gasteiger partial charge in [-0.25, -0.2) is 4.58 Å². The summed E-state index contributed by atoms with van der Waals surface area (Å²) in [4.78, 5) is 0.